The molecule has 78 valence electrons. The van der Waals surface area contributed by atoms with Gasteiger partial charge < -0.3 is 5.32 Å². The molecule has 1 N–H and O–H groups in total. The van der Waals surface area contributed by atoms with Gasteiger partial charge in [-0.15, -0.1) is 11.3 Å². The zero-order chi connectivity index (χ0) is 10.8. The third-order valence-electron chi connectivity index (χ3n) is 2.34. The summed E-state index contributed by atoms with van der Waals surface area (Å²) in [6.45, 7) is 0. The molecule has 1 aromatic heterocycles. The van der Waals surface area contributed by atoms with Gasteiger partial charge in [0.15, 0.2) is 0 Å². The number of nitriles is 1. The first-order valence-electron chi connectivity index (χ1n) is 4.66. The van der Waals surface area contributed by atoms with Crippen LogP contribution in [0.3, 0.4) is 0 Å². The molecule has 1 heterocycles. The van der Waals surface area contributed by atoms with E-state index in [0.717, 1.165) is 17.3 Å². The quantitative estimate of drug-likeness (QED) is 0.927. The third-order valence-corrected chi connectivity index (χ3v) is 4.18. The molecule has 2 rings (SSSR count). The van der Waals surface area contributed by atoms with Crippen molar-refractivity contribution in [2.24, 2.45) is 5.92 Å². The largest absolute Gasteiger partial charge is 0.335 e. The second kappa shape index (κ2) is 4.33. The van der Waals surface area contributed by atoms with Gasteiger partial charge in [-0.3, -0.25) is 4.79 Å². The molecule has 0 aromatic carbocycles. The van der Waals surface area contributed by atoms with Gasteiger partial charge in [-0.2, -0.15) is 5.26 Å². The van der Waals surface area contributed by atoms with Crippen LogP contribution >= 0.6 is 27.3 Å². The van der Waals surface area contributed by atoms with Crippen molar-refractivity contribution in [2.45, 2.75) is 18.9 Å². The first kappa shape index (κ1) is 10.7. The molecule has 1 saturated carbocycles. The van der Waals surface area contributed by atoms with E-state index >= 15 is 0 Å². The molecule has 0 radical (unpaired) electrons. The van der Waals surface area contributed by atoms with Crippen molar-refractivity contribution >= 4 is 33.2 Å². The normalized spacial score (nSPS) is 16.8. The maximum absolute atomic E-state index is 11.7. The van der Waals surface area contributed by atoms with Gasteiger partial charge in [-0.1, -0.05) is 0 Å². The minimum absolute atomic E-state index is 0.157. The fourth-order valence-corrected chi connectivity index (χ4v) is 2.80. The zero-order valence-electron chi connectivity index (χ0n) is 7.87. The molecule has 1 unspecified atom stereocenters. The Labute approximate surface area is 100 Å². The Balaban J connectivity index is 2.03. The summed E-state index contributed by atoms with van der Waals surface area (Å²) < 4.78 is 0.789. The van der Waals surface area contributed by atoms with Gasteiger partial charge in [-0.05, 0) is 46.1 Å². The molecule has 1 aliphatic carbocycles. The molecular weight excluding hydrogens is 276 g/mol. The Morgan fingerprint density at radius 1 is 1.73 bits per heavy atom. The standard InChI is InChI=1S/C10H9BrN2OS/c11-7-3-4-15-9(7)10(14)13-8(5-12)6-1-2-6/h3-4,6,8H,1-2H2,(H,13,14). The molecule has 15 heavy (non-hydrogen) atoms. The van der Waals surface area contributed by atoms with Crippen molar-refractivity contribution in [3.05, 3.63) is 20.8 Å². The molecule has 0 saturated heterocycles. The van der Waals surface area contributed by atoms with Crippen molar-refractivity contribution in [3.8, 4) is 6.07 Å². The molecular formula is C10H9BrN2OS. The highest BCUT2D eigenvalue weighted by atomic mass is 79.9. The second-order valence-corrected chi connectivity index (χ2v) is 5.29. The molecule has 1 atom stereocenters. The summed E-state index contributed by atoms with van der Waals surface area (Å²) in [5, 5.41) is 13.5. The van der Waals surface area contributed by atoms with E-state index < -0.39 is 0 Å². The molecule has 0 spiro atoms. The van der Waals surface area contributed by atoms with Crippen LogP contribution in [0.1, 0.15) is 22.5 Å². The van der Waals surface area contributed by atoms with E-state index in [0.29, 0.717) is 10.8 Å². The lowest BCUT2D eigenvalue weighted by Gasteiger charge is -2.09. The van der Waals surface area contributed by atoms with Gasteiger partial charge in [0.05, 0.1) is 6.07 Å². The summed E-state index contributed by atoms with van der Waals surface area (Å²) in [5.41, 5.74) is 0. The highest BCUT2D eigenvalue weighted by Gasteiger charge is 2.32. The van der Waals surface area contributed by atoms with Crippen LogP contribution in [0.15, 0.2) is 15.9 Å². The van der Waals surface area contributed by atoms with Crippen molar-refractivity contribution in [1.29, 1.82) is 5.26 Å². The Kier molecular flexibility index (Phi) is 3.08. The smallest absolute Gasteiger partial charge is 0.263 e. The van der Waals surface area contributed by atoms with E-state index in [2.05, 4.69) is 27.3 Å². The number of nitrogens with zero attached hydrogens (tertiary/aromatic N) is 1. The lowest BCUT2D eigenvalue weighted by molar-refractivity contribution is 0.0945. The summed E-state index contributed by atoms with van der Waals surface area (Å²) in [5.74, 6) is 0.202. The number of nitrogens with one attached hydrogen (secondary N) is 1. The lowest BCUT2D eigenvalue weighted by Crippen LogP contribution is -2.34. The first-order valence-corrected chi connectivity index (χ1v) is 6.33. The van der Waals surface area contributed by atoms with Crippen LogP contribution in [0.2, 0.25) is 0 Å². The van der Waals surface area contributed by atoms with Crippen LogP contribution < -0.4 is 5.32 Å². The molecule has 5 heteroatoms. The number of hydrogen-bond donors (Lipinski definition) is 1. The number of rotatable bonds is 3. The summed E-state index contributed by atoms with van der Waals surface area (Å²) >= 11 is 4.67. The fraction of sp³-hybridized carbons (Fsp3) is 0.400. The zero-order valence-corrected chi connectivity index (χ0v) is 10.3. The van der Waals surface area contributed by atoms with Gasteiger partial charge >= 0.3 is 0 Å². The maximum atomic E-state index is 11.7. The van der Waals surface area contributed by atoms with Gasteiger partial charge in [-0.25, -0.2) is 0 Å². The van der Waals surface area contributed by atoms with E-state index in [4.69, 9.17) is 5.26 Å². The van der Waals surface area contributed by atoms with Crippen molar-refractivity contribution in [1.82, 2.24) is 5.32 Å². The summed E-state index contributed by atoms with van der Waals surface area (Å²) in [6, 6.07) is 3.64. The molecule has 3 nitrogen and oxygen atoms in total. The van der Waals surface area contributed by atoms with Gasteiger partial charge in [0, 0.05) is 4.47 Å². The SMILES string of the molecule is N#CC(NC(=O)c1sccc1Br)C1CC1. The fourth-order valence-electron chi connectivity index (χ4n) is 1.35. The van der Waals surface area contributed by atoms with Crippen LogP contribution in [0.5, 0.6) is 0 Å². The van der Waals surface area contributed by atoms with Crippen LogP contribution in [0.4, 0.5) is 0 Å². The Bertz CT molecular complexity index is 419. The number of amides is 1. The van der Waals surface area contributed by atoms with Crippen molar-refractivity contribution < 1.29 is 4.79 Å². The highest BCUT2D eigenvalue weighted by Crippen LogP contribution is 2.32. The highest BCUT2D eigenvalue weighted by molar-refractivity contribution is 9.10. The van der Waals surface area contributed by atoms with Crippen LogP contribution in [-0.4, -0.2) is 11.9 Å². The van der Waals surface area contributed by atoms with Crippen molar-refractivity contribution in [3.63, 3.8) is 0 Å². The van der Waals surface area contributed by atoms with Crippen LogP contribution in [-0.2, 0) is 0 Å². The summed E-state index contributed by atoms with van der Waals surface area (Å²) in [4.78, 5) is 12.4. The van der Waals surface area contributed by atoms with E-state index in [1.54, 1.807) is 0 Å². The molecule has 1 aromatic rings. The van der Waals surface area contributed by atoms with E-state index in [1.807, 2.05) is 11.4 Å². The number of halogens is 1. The molecule has 0 aliphatic heterocycles. The van der Waals surface area contributed by atoms with E-state index in [1.165, 1.54) is 11.3 Å². The summed E-state index contributed by atoms with van der Waals surface area (Å²) in [6.07, 6.45) is 2.09. The minimum atomic E-state index is -0.327. The average molecular weight is 285 g/mol. The van der Waals surface area contributed by atoms with Gasteiger partial charge in [0.1, 0.15) is 10.9 Å². The van der Waals surface area contributed by atoms with Gasteiger partial charge in [0.25, 0.3) is 5.91 Å². The molecule has 1 amide bonds. The second-order valence-electron chi connectivity index (χ2n) is 3.52. The van der Waals surface area contributed by atoms with Crippen LogP contribution in [0.25, 0.3) is 0 Å². The lowest BCUT2D eigenvalue weighted by atomic mass is 10.2. The van der Waals surface area contributed by atoms with Crippen molar-refractivity contribution in [2.75, 3.05) is 0 Å². The molecule has 1 fully saturated rings. The maximum Gasteiger partial charge on any atom is 0.263 e. The third kappa shape index (κ3) is 2.39. The predicted molar refractivity (Wildman–Crippen MR) is 61.6 cm³/mol. The number of carbonyl (C=O) groups excluding carboxylic acids is 1. The van der Waals surface area contributed by atoms with Gasteiger partial charge in [0.2, 0.25) is 0 Å². The first-order chi connectivity index (χ1) is 7.22. The minimum Gasteiger partial charge on any atom is -0.335 e. The van der Waals surface area contributed by atoms with E-state index in [9.17, 15) is 4.79 Å². The Morgan fingerprint density at radius 2 is 2.47 bits per heavy atom. The number of thiophene rings is 1. The number of carbonyl (C=O) groups is 1. The summed E-state index contributed by atoms with van der Waals surface area (Å²) in [7, 11) is 0. The Hall–Kier alpha value is -0.860. The average Bonchev–Trinajstić information content (AvgIpc) is 2.97. The monoisotopic (exact) mass is 284 g/mol. The Morgan fingerprint density at radius 3 is 2.93 bits per heavy atom. The number of hydrogen-bond acceptors (Lipinski definition) is 3. The van der Waals surface area contributed by atoms with E-state index in [-0.39, 0.29) is 11.9 Å². The topological polar surface area (TPSA) is 52.9 Å². The molecule has 0 bridgehead atoms. The predicted octanol–water partition coefficient (Wildman–Crippen LogP) is 2.54. The van der Waals surface area contributed by atoms with Crippen LogP contribution in [0, 0.1) is 17.2 Å². The molecule has 1 aliphatic rings.